The molecular weight excluding hydrogens is 212 g/mol. The van der Waals surface area contributed by atoms with E-state index in [0.29, 0.717) is 6.10 Å². The predicted octanol–water partition coefficient (Wildman–Crippen LogP) is 3.28. The van der Waals surface area contributed by atoms with Crippen molar-refractivity contribution in [3.63, 3.8) is 0 Å². The van der Waals surface area contributed by atoms with Gasteiger partial charge in [-0.05, 0) is 43.4 Å². The van der Waals surface area contributed by atoms with Crippen LogP contribution in [0.25, 0.3) is 0 Å². The van der Waals surface area contributed by atoms with Gasteiger partial charge in [0.1, 0.15) is 5.60 Å². The second-order valence-electron chi connectivity index (χ2n) is 7.84. The normalized spacial score (nSPS) is 56.6. The molecule has 3 fully saturated rings. The summed E-state index contributed by atoms with van der Waals surface area (Å²) in [6, 6.07) is 0. The van der Waals surface area contributed by atoms with Gasteiger partial charge in [-0.25, -0.2) is 0 Å². The first-order valence-corrected chi connectivity index (χ1v) is 7.13. The highest BCUT2D eigenvalue weighted by atomic mass is 16.6. The third-order valence-corrected chi connectivity index (χ3v) is 6.00. The summed E-state index contributed by atoms with van der Waals surface area (Å²) in [6.45, 7) is 9.11. The minimum absolute atomic E-state index is 0.0543. The van der Waals surface area contributed by atoms with Crippen LogP contribution in [0.15, 0.2) is 0 Å². The van der Waals surface area contributed by atoms with Gasteiger partial charge in [0.2, 0.25) is 0 Å². The van der Waals surface area contributed by atoms with E-state index >= 15 is 0 Å². The molecule has 2 heteroatoms. The van der Waals surface area contributed by atoms with E-state index in [-0.39, 0.29) is 16.4 Å². The lowest BCUT2D eigenvalue weighted by molar-refractivity contribution is -0.0495. The van der Waals surface area contributed by atoms with E-state index in [1.54, 1.807) is 0 Å². The Bertz CT molecular complexity index is 347. The smallest absolute Gasteiger partial charge is 0.105 e. The first-order valence-electron chi connectivity index (χ1n) is 7.13. The standard InChI is InChI=1S/C15H26O2/c1-12(2)6-5-7-13(3)8-9-14(4,16)10-11-15(12,13)17-11/h11,16H,5-10H2,1-4H3/t11-,13+,14+,15-/m1/s1. The molecule has 1 aliphatic heterocycles. The van der Waals surface area contributed by atoms with Crippen molar-refractivity contribution in [2.45, 2.75) is 83.5 Å². The van der Waals surface area contributed by atoms with Crippen molar-refractivity contribution in [1.29, 1.82) is 0 Å². The van der Waals surface area contributed by atoms with E-state index in [2.05, 4.69) is 20.8 Å². The molecule has 1 saturated heterocycles. The third-order valence-electron chi connectivity index (χ3n) is 6.00. The molecule has 1 heterocycles. The maximum absolute atomic E-state index is 10.4. The molecule has 0 radical (unpaired) electrons. The molecule has 1 N–H and O–H groups in total. The molecule has 3 rings (SSSR count). The maximum Gasteiger partial charge on any atom is 0.105 e. The Kier molecular flexibility index (Phi) is 2.17. The fourth-order valence-corrected chi connectivity index (χ4v) is 4.97. The van der Waals surface area contributed by atoms with E-state index < -0.39 is 5.60 Å². The van der Waals surface area contributed by atoms with E-state index in [0.717, 1.165) is 19.3 Å². The van der Waals surface area contributed by atoms with E-state index in [1.807, 2.05) is 6.92 Å². The van der Waals surface area contributed by atoms with Crippen molar-refractivity contribution < 1.29 is 9.84 Å². The Hall–Kier alpha value is -0.0800. The molecule has 3 aliphatic rings. The number of rotatable bonds is 0. The zero-order chi connectivity index (χ0) is 12.5. The average Bonchev–Trinajstić information content (AvgIpc) is 2.88. The molecular formula is C15H26O2. The molecule has 2 nitrogen and oxygen atoms in total. The van der Waals surface area contributed by atoms with Gasteiger partial charge in [-0.1, -0.05) is 27.2 Å². The second-order valence-corrected chi connectivity index (χ2v) is 7.84. The fraction of sp³-hybridized carbons (Fsp3) is 1.00. The SMILES string of the molecule is CC1(C)CCC[C@@]2(C)CC[C@](C)(O)C[C@H]3O[C@]312. The third kappa shape index (κ3) is 1.40. The first kappa shape index (κ1) is 12.0. The Morgan fingerprint density at radius 1 is 1.00 bits per heavy atom. The first-order chi connectivity index (χ1) is 7.73. The highest BCUT2D eigenvalue weighted by Gasteiger charge is 2.75. The number of hydrogen-bond donors (Lipinski definition) is 1. The zero-order valence-electron chi connectivity index (χ0n) is 11.7. The molecule has 1 spiro atoms. The van der Waals surface area contributed by atoms with Gasteiger partial charge in [-0.15, -0.1) is 0 Å². The number of epoxide rings is 1. The van der Waals surface area contributed by atoms with Crippen molar-refractivity contribution in [3.05, 3.63) is 0 Å². The lowest BCUT2D eigenvalue weighted by atomic mass is 9.54. The molecule has 98 valence electrons. The van der Waals surface area contributed by atoms with Gasteiger partial charge >= 0.3 is 0 Å². The van der Waals surface area contributed by atoms with Crippen LogP contribution in [-0.4, -0.2) is 22.4 Å². The van der Waals surface area contributed by atoms with Crippen LogP contribution in [0.4, 0.5) is 0 Å². The van der Waals surface area contributed by atoms with Crippen LogP contribution in [-0.2, 0) is 4.74 Å². The van der Waals surface area contributed by atoms with Crippen LogP contribution in [0.5, 0.6) is 0 Å². The van der Waals surface area contributed by atoms with Crippen LogP contribution in [0.1, 0.15) is 66.2 Å². The summed E-state index contributed by atoms with van der Waals surface area (Å²) in [4.78, 5) is 0. The quantitative estimate of drug-likeness (QED) is 0.657. The minimum Gasteiger partial charge on any atom is -0.390 e. The van der Waals surface area contributed by atoms with Gasteiger partial charge in [0.05, 0.1) is 11.7 Å². The maximum atomic E-state index is 10.4. The van der Waals surface area contributed by atoms with Crippen molar-refractivity contribution in [1.82, 2.24) is 0 Å². The highest BCUT2D eigenvalue weighted by Crippen LogP contribution is 2.70. The van der Waals surface area contributed by atoms with Crippen molar-refractivity contribution in [2.24, 2.45) is 10.8 Å². The molecule has 0 aromatic heterocycles. The molecule has 2 aliphatic carbocycles. The summed E-state index contributed by atoms with van der Waals surface area (Å²) in [5.74, 6) is 0. The second kappa shape index (κ2) is 3.08. The lowest BCUT2D eigenvalue weighted by Gasteiger charge is -2.49. The minimum atomic E-state index is -0.523. The van der Waals surface area contributed by atoms with Gasteiger partial charge in [0.15, 0.2) is 0 Å². The summed E-state index contributed by atoms with van der Waals surface area (Å²) < 4.78 is 6.24. The van der Waals surface area contributed by atoms with Gasteiger partial charge < -0.3 is 9.84 Å². The van der Waals surface area contributed by atoms with E-state index in [9.17, 15) is 5.11 Å². The summed E-state index contributed by atoms with van der Waals surface area (Å²) in [7, 11) is 0. The molecule has 2 saturated carbocycles. The summed E-state index contributed by atoms with van der Waals surface area (Å²) in [6.07, 6.45) is 7.00. The van der Waals surface area contributed by atoms with Crippen LogP contribution in [0.2, 0.25) is 0 Å². The van der Waals surface area contributed by atoms with Gasteiger partial charge in [-0.3, -0.25) is 0 Å². The van der Waals surface area contributed by atoms with Crippen LogP contribution >= 0.6 is 0 Å². The monoisotopic (exact) mass is 238 g/mol. The van der Waals surface area contributed by atoms with E-state index in [1.165, 1.54) is 19.3 Å². The summed E-state index contributed by atoms with van der Waals surface area (Å²) in [5.41, 5.74) is 0.0777. The Morgan fingerprint density at radius 2 is 1.71 bits per heavy atom. The fourth-order valence-electron chi connectivity index (χ4n) is 4.97. The van der Waals surface area contributed by atoms with Gasteiger partial charge in [-0.2, -0.15) is 0 Å². The van der Waals surface area contributed by atoms with E-state index in [4.69, 9.17) is 4.74 Å². The van der Waals surface area contributed by atoms with Crippen LogP contribution in [0.3, 0.4) is 0 Å². The van der Waals surface area contributed by atoms with Crippen LogP contribution < -0.4 is 0 Å². The molecule has 0 aromatic rings. The lowest BCUT2D eigenvalue weighted by Crippen LogP contribution is -2.51. The molecule has 4 atom stereocenters. The molecule has 0 bridgehead atoms. The number of hydrogen-bond acceptors (Lipinski definition) is 2. The average molecular weight is 238 g/mol. The molecule has 17 heavy (non-hydrogen) atoms. The summed E-state index contributed by atoms with van der Waals surface area (Å²) in [5, 5.41) is 10.4. The number of ether oxygens (including phenoxy) is 1. The molecule has 0 aromatic carbocycles. The van der Waals surface area contributed by atoms with Gasteiger partial charge in [0.25, 0.3) is 0 Å². The molecule has 0 unspecified atom stereocenters. The van der Waals surface area contributed by atoms with Crippen molar-refractivity contribution in [2.75, 3.05) is 0 Å². The topological polar surface area (TPSA) is 32.8 Å². The Labute approximate surface area is 105 Å². The largest absolute Gasteiger partial charge is 0.390 e. The summed E-state index contributed by atoms with van der Waals surface area (Å²) >= 11 is 0. The highest BCUT2D eigenvalue weighted by molar-refractivity contribution is 5.23. The number of aliphatic hydroxyl groups is 1. The van der Waals surface area contributed by atoms with Gasteiger partial charge in [0, 0.05) is 6.42 Å². The zero-order valence-corrected chi connectivity index (χ0v) is 11.7. The van der Waals surface area contributed by atoms with Crippen molar-refractivity contribution in [3.8, 4) is 0 Å². The Morgan fingerprint density at radius 3 is 2.41 bits per heavy atom. The Balaban J connectivity index is 2.01. The van der Waals surface area contributed by atoms with Crippen molar-refractivity contribution >= 4 is 0 Å². The molecule has 0 amide bonds. The van der Waals surface area contributed by atoms with Crippen LogP contribution in [0, 0.1) is 10.8 Å². The predicted molar refractivity (Wildman–Crippen MR) is 67.8 cm³/mol.